The predicted molar refractivity (Wildman–Crippen MR) is 148 cm³/mol. The van der Waals surface area contributed by atoms with Gasteiger partial charge in [-0.2, -0.15) is 5.26 Å². The molecular formula is C31H32N4O2. The number of urea groups is 1. The van der Waals surface area contributed by atoms with E-state index in [-0.39, 0.29) is 6.03 Å². The van der Waals surface area contributed by atoms with Crippen LogP contribution < -0.4 is 10.1 Å². The Balaban J connectivity index is 1.39. The molecule has 0 spiro atoms. The number of nitriles is 1. The smallest absolute Gasteiger partial charge is 0.321 e. The highest BCUT2D eigenvalue weighted by atomic mass is 16.5. The Bertz CT molecular complexity index is 1430. The topological polar surface area (TPSA) is 70.3 Å². The maximum atomic E-state index is 12.7. The molecule has 0 aliphatic heterocycles. The molecule has 0 radical (unpaired) electrons. The molecule has 0 unspecified atom stereocenters. The largest absolute Gasteiger partial charge is 0.494 e. The van der Waals surface area contributed by atoms with E-state index < -0.39 is 0 Å². The Morgan fingerprint density at radius 3 is 2.51 bits per heavy atom. The van der Waals surface area contributed by atoms with Crippen molar-refractivity contribution in [1.82, 2.24) is 9.47 Å². The first-order valence-electron chi connectivity index (χ1n) is 13.0. The van der Waals surface area contributed by atoms with Gasteiger partial charge in [0.15, 0.2) is 0 Å². The number of fused-ring (bicyclic) bond motifs is 1. The summed E-state index contributed by atoms with van der Waals surface area (Å²) in [4.78, 5) is 14.4. The predicted octanol–water partition coefficient (Wildman–Crippen LogP) is 7.01. The summed E-state index contributed by atoms with van der Waals surface area (Å²) in [6.07, 6.45) is 4.22. The minimum Gasteiger partial charge on any atom is -0.494 e. The van der Waals surface area contributed by atoms with Gasteiger partial charge in [-0.1, -0.05) is 42.5 Å². The zero-order chi connectivity index (χ0) is 25.8. The molecule has 4 aromatic rings. The van der Waals surface area contributed by atoms with Gasteiger partial charge in [0, 0.05) is 30.7 Å². The van der Waals surface area contributed by atoms with E-state index in [0.717, 1.165) is 52.9 Å². The Labute approximate surface area is 218 Å². The number of amides is 2. The molecule has 1 aromatic heterocycles. The summed E-state index contributed by atoms with van der Waals surface area (Å²) in [6, 6.07) is 26.7. The van der Waals surface area contributed by atoms with Crippen LogP contribution >= 0.6 is 0 Å². The third-order valence-electron chi connectivity index (χ3n) is 7.17. The van der Waals surface area contributed by atoms with Crippen LogP contribution in [0.4, 0.5) is 10.5 Å². The number of carbonyl (C=O) groups excluding carboxylic acids is 1. The second kappa shape index (κ2) is 10.8. The number of nitrogens with zero attached hydrogens (tertiary/aromatic N) is 3. The number of benzene rings is 3. The van der Waals surface area contributed by atoms with E-state index in [1.807, 2.05) is 61.5 Å². The van der Waals surface area contributed by atoms with E-state index in [1.165, 1.54) is 12.0 Å². The molecule has 0 atom stereocenters. The molecule has 6 heteroatoms. The maximum Gasteiger partial charge on any atom is 0.321 e. The number of likely N-dealkylation sites (N-methyl/N-ethyl adjacent to an activating group) is 1. The fourth-order valence-corrected chi connectivity index (χ4v) is 4.94. The molecule has 1 heterocycles. The van der Waals surface area contributed by atoms with Crippen molar-refractivity contribution in [3.05, 3.63) is 83.9 Å². The lowest BCUT2D eigenvalue weighted by atomic mass is 9.92. The summed E-state index contributed by atoms with van der Waals surface area (Å²) in [5.74, 6) is 0.776. The van der Waals surface area contributed by atoms with Crippen molar-refractivity contribution >= 4 is 22.6 Å². The molecule has 6 nitrogen and oxygen atoms in total. The highest BCUT2D eigenvalue weighted by molar-refractivity contribution is 5.96. The zero-order valence-corrected chi connectivity index (χ0v) is 21.4. The Morgan fingerprint density at radius 1 is 1.11 bits per heavy atom. The van der Waals surface area contributed by atoms with Crippen LogP contribution in [-0.2, 0) is 6.42 Å². The standard InChI is InChI=1S/C31H32N4O2/c1-3-37-26-16-17-29-27(20-26)28(21-32)30(35(29)25-10-7-11-25)23-12-14-24(15-13-23)33-31(36)34(2)19-18-22-8-5-4-6-9-22/h4-6,8-9,12-17,20,25H,3,7,10-11,18-19H2,1-2H3,(H,33,36). The van der Waals surface area contributed by atoms with Gasteiger partial charge < -0.3 is 19.5 Å². The molecule has 3 aromatic carbocycles. The van der Waals surface area contributed by atoms with Crippen LogP contribution in [-0.4, -0.2) is 35.7 Å². The van der Waals surface area contributed by atoms with E-state index in [9.17, 15) is 10.1 Å². The van der Waals surface area contributed by atoms with Gasteiger partial charge in [-0.05, 0) is 74.1 Å². The van der Waals surface area contributed by atoms with E-state index in [2.05, 4.69) is 34.2 Å². The van der Waals surface area contributed by atoms with Crippen LogP contribution in [0.5, 0.6) is 5.75 Å². The van der Waals surface area contributed by atoms with Crippen LogP contribution in [0.2, 0.25) is 0 Å². The van der Waals surface area contributed by atoms with Crippen LogP contribution in [0, 0.1) is 11.3 Å². The number of hydrogen-bond acceptors (Lipinski definition) is 3. The summed E-state index contributed by atoms with van der Waals surface area (Å²) in [5.41, 5.74) is 5.57. The van der Waals surface area contributed by atoms with Gasteiger partial charge >= 0.3 is 6.03 Å². The fraction of sp³-hybridized carbons (Fsp3) is 0.290. The van der Waals surface area contributed by atoms with Crippen LogP contribution in [0.25, 0.3) is 22.2 Å². The molecule has 37 heavy (non-hydrogen) atoms. The number of rotatable bonds is 8. The molecule has 0 saturated heterocycles. The van der Waals surface area contributed by atoms with Crippen molar-refractivity contribution in [2.75, 3.05) is 25.5 Å². The average Bonchev–Trinajstić information content (AvgIpc) is 3.20. The van der Waals surface area contributed by atoms with E-state index >= 15 is 0 Å². The molecule has 2 amide bonds. The summed E-state index contributed by atoms with van der Waals surface area (Å²) < 4.78 is 8.05. The van der Waals surface area contributed by atoms with Gasteiger partial charge in [0.05, 0.1) is 23.4 Å². The maximum absolute atomic E-state index is 12.7. The van der Waals surface area contributed by atoms with Crippen LogP contribution in [0.1, 0.15) is 43.4 Å². The Morgan fingerprint density at radius 2 is 1.86 bits per heavy atom. The van der Waals surface area contributed by atoms with Gasteiger partial charge in [0.1, 0.15) is 11.8 Å². The van der Waals surface area contributed by atoms with Gasteiger partial charge in [-0.15, -0.1) is 0 Å². The molecule has 1 fully saturated rings. The summed E-state index contributed by atoms with van der Waals surface area (Å²) in [6.45, 7) is 3.17. The van der Waals surface area contributed by atoms with Crippen molar-refractivity contribution in [2.45, 2.75) is 38.6 Å². The molecule has 0 bridgehead atoms. The molecule has 1 N–H and O–H groups in total. The second-order valence-corrected chi connectivity index (χ2v) is 9.57. The monoisotopic (exact) mass is 492 g/mol. The Hall–Kier alpha value is -4.24. The van der Waals surface area contributed by atoms with E-state index in [1.54, 1.807) is 11.9 Å². The lowest BCUT2D eigenvalue weighted by Crippen LogP contribution is -2.32. The molecule has 5 rings (SSSR count). The molecule has 1 aliphatic rings. The first kappa shape index (κ1) is 24.5. The molecule has 1 aliphatic carbocycles. The minimum absolute atomic E-state index is 0.145. The SMILES string of the molecule is CCOc1ccc2c(c1)c(C#N)c(-c1ccc(NC(=O)N(C)CCc3ccccc3)cc1)n2C1CCC1. The highest BCUT2D eigenvalue weighted by Crippen LogP contribution is 2.43. The number of ether oxygens (including phenoxy) is 1. The van der Waals surface area contributed by atoms with Crippen molar-refractivity contribution < 1.29 is 9.53 Å². The zero-order valence-electron chi connectivity index (χ0n) is 21.4. The lowest BCUT2D eigenvalue weighted by Gasteiger charge is -2.30. The number of carbonyl (C=O) groups is 1. The van der Waals surface area contributed by atoms with Crippen LogP contribution in [0.15, 0.2) is 72.8 Å². The highest BCUT2D eigenvalue weighted by Gasteiger charge is 2.28. The third-order valence-corrected chi connectivity index (χ3v) is 7.17. The molecular weight excluding hydrogens is 460 g/mol. The lowest BCUT2D eigenvalue weighted by molar-refractivity contribution is 0.223. The molecule has 1 saturated carbocycles. The normalized spacial score (nSPS) is 13.1. The summed E-state index contributed by atoms with van der Waals surface area (Å²) in [7, 11) is 1.80. The summed E-state index contributed by atoms with van der Waals surface area (Å²) >= 11 is 0. The number of aromatic nitrogens is 1. The molecule has 188 valence electrons. The van der Waals surface area contributed by atoms with Crippen molar-refractivity contribution in [3.8, 4) is 23.1 Å². The fourth-order valence-electron chi connectivity index (χ4n) is 4.94. The van der Waals surface area contributed by atoms with E-state index in [4.69, 9.17) is 4.74 Å². The summed E-state index contributed by atoms with van der Waals surface area (Å²) in [5, 5.41) is 14.1. The van der Waals surface area contributed by atoms with E-state index in [0.29, 0.717) is 24.8 Å². The van der Waals surface area contributed by atoms with Crippen molar-refractivity contribution in [2.24, 2.45) is 0 Å². The van der Waals surface area contributed by atoms with Gasteiger partial charge in [0.2, 0.25) is 0 Å². The minimum atomic E-state index is -0.145. The van der Waals surface area contributed by atoms with Crippen molar-refractivity contribution in [1.29, 1.82) is 5.26 Å². The second-order valence-electron chi connectivity index (χ2n) is 9.57. The Kier molecular flexibility index (Phi) is 7.14. The number of anilines is 1. The quantitative estimate of drug-likeness (QED) is 0.288. The first-order valence-corrected chi connectivity index (χ1v) is 13.0. The number of nitrogens with one attached hydrogen (secondary N) is 1. The van der Waals surface area contributed by atoms with Crippen LogP contribution in [0.3, 0.4) is 0 Å². The average molecular weight is 493 g/mol. The first-order chi connectivity index (χ1) is 18.1. The third kappa shape index (κ3) is 5.03. The number of hydrogen-bond donors (Lipinski definition) is 1. The van der Waals surface area contributed by atoms with Gasteiger partial charge in [-0.3, -0.25) is 0 Å². The van der Waals surface area contributed by atoms with Crippen molar-refractivity contribution in [3.63, 3.8) is 0 Å². The van der Waals surface area contributed by atoms with Gasteiger partial charge in [-0.25, -0.2) is 4.79 Å². The van der Waals surface area contributed by atoms with Gasteiger partial charge in [0.25, 0.3) is 0 Å².